The minimum absolute atomic E-state index is 0.0193. The van der Waals surface area contributed by atoms with Crippen molar-refractivity contribution in [3.8, 4) is 0 Å². The molecule has 0 aliphatic rings. The van der Waals surface area contributed by atoms with Gasteiger partial charge >= 0.3 is 11.8 Å². The summed E-state index contributed by atoms with van der Waals surface area (Å²) in [6.45, 7) is 6.05. The maximum Gasteiger partial charge on any atom is 0.327 e. The number of hydrogen-bond acceptors (Lipinski definition) is 4. The second kappa shape index (κ2) is 10.5. The van der Waals surface area contributed by atoms with Crippen molar-refractivity contribution < 1.29 is 14.4 Å². The predicted octanol–water partition coefficient (Wildman–Crippen LogP) is 1.82. The number of aryl methyl sites for hydroxylation is 1. The average molecular weight is 380 g/mol. The maximum absolute atomic E-state index is 11.9. The van der Waals surface area contributed by atoms with Crippen LogP contribution in [0.3, 0.4) is 0 Å². The molecular weight excluding hydrogens is 356 g/mol. The Morgan fingerprint density at radius 3 is 2.39 bits per heavy atom. The lowest BCUT2D eigenvalue weighted by molar-refractivity contribution is -0.136. The fourth-order valence-electron chi connectivity index (χ4n) is 2.40. The molecule has 0 atom stereocenters. The van der Waals surface area contributed by atoms with Gasteiger partial charge < -0.3 is 16.1 Å². The number of carbonyl (C=O) groups is 3. The largest absolute Gasteiger partial charge is 0.355 e. The molecule has 0 aliphatic carbocycles. The van der Waals surface area contributed by atoms with E-state index in [9.17, 15) is 14.4 Å². The van der Waals surface area contributed by atoms with E-state index < -0.39 is 11.8 Å². The van der Waals surface area contributed by atoms with Crippen LogP contribution in [0.1, 0.15) is 17.5 Å². The fourth-order valence-corrected chi connectivity index (χ4v) is 2.40. The van der Waals surface area contributed by atoms with Gasteiger partial charge in [-0.05, 0) is 36.6 Å². The fraction of sp³-hybridized carbons (Fsp3) is 0.190. The van der Waals surface area contributed by atoms with Gasteiger partial charge in [0, 0.05) is 17.9 Å². The van der Waals surface area contributed by atoms with Gasteiger partial charge in [0.2, 0.25) is 5.91 Å². The molecule has 7 nitrogen and oxygen atoms in total. The van der Waals surface area contributed by atoms with Crippen LogP contribution in [0.2, 0.25) is 0 Å². The van der Waals surface area contributed by atoms with Crippen LogP contribution in [0.25, 0.3) is 0 Å². The van der Waals surface area contributed by atoms with Crippen LogP contribution in [0.4, 0.5) is 5.69 Å². The number of benzene rings is 2. The Bertz CT molecular complexity index is 850. The summed E-state index contributed by atoms with van der Waals surface area (Å²) >= 11 is 0. The molecule has 0 fully saturated rings. The molecule has 0 saturated heterocycles. The van der Waals surface area contributed by atoms with Crippen LogP contribution in [-0.2, 0) is 20.8 Å². The van der Waals surface area contributed by atoms with E-state index in [1.54, 1.807) is 18.2 Å². The molecule has 0 spiro atoms. The van der Waals surface area contributed by atoms with E-state index in [1.807, 2.05) is 43.3 Å². The number of rotatable bonds is 8. The molecule has 3 amide bonds. The first-order valence-corrected chi connectivity index (χ1v) is 8.86. The van der Waals surface area contributed by atoms with E-state index in [4.69, 9.17) is 0 Å². The molecule has 0 radical (unpaired) electrons. The molecule has 4 N–H and O–H groups in total. The van der Waals surface area contributed by atoms with E-state index in [0.29, 0.717) is 12.2 Å². The van der Waals surface area contributed by atoms with Crippen molar-refractivity contribution in [1.82, 2.24) is 16.2 Å². The van der Waals surface area contributed by atoms with Crippen LogP contribution in [0, 0.1) is 6.92 Å². The zero-order valence-electron chi connectivity index (χ0n) is 15.7. The first-order valence-electron chi connectivity index (χ1n) is 8.86. The van der Waals surface area contributed by atoms with Crippen molar-refractivity contribution in [1.29, 1.82) is 0 Å². The number of hydrazine groups is 1. The maximum atomic E-state index is 11.9. The third-order valence-corrected chi connectivity index (χ3v) is 3.79. The highest BCUT2D eigenvalue weighted by Gasteiger charge is 2.14. The van der Waals surface area contributed by atoms with Crippen molar-refractivity contribution in [2.45, 2.75) is 19.8 Å². The van der Waals surface area contributed by atoms with E-state index in [2.05, 4.69) is 28.1 Å². The monoisotopic (exact) mass is 380 g/mol. The Balaban J connectivity index is 1.65. The molecule has 28 heavy (non-hydrogen) atoms. The quantitative estimate of drug-likeness (QED) is 0.415. The van der Waals surface area contributed by atoms with Crippen LogP contribution in [0.5, 0.6) is 0 Å². The van der Waals surface area contributed by atoms with Gasteiger partial charge in [0.05, 0.1) is 6.42 Å². The second-order valence-corrected chi connectivity index (χ2v) is 6.27. The standard InChI is InChI=1S/C21H24N4O3/c1-15-7-6-10-18(13-15)23-20(27)21(28)25-24-16(2)14-19(26)22-12-11-17-8-4-3-5-9-17/h3-10,13,24H,2,11-12,14H2,1H3,(H,22,26)(H,23,27)(H,25,28). The molecule has 7 heteroatoms. The number of nitrogens with one attached hydrogen (secondary N) is 4. The number of amides is 3. The molecule has 146 valence electrons. The van der Waals surface area contributed by atoms with Gasteiger partial charge in [0.15, 0.2) is 0 Å². The second-order valence-electron chi connectivity index (χ2n) is 6.27. The Morgan fingerprint density at radius 2 is 1.68 bits per heavy atom. The normalized spacial score (nSPS) is 9.89. The Hall–Kier alpha value is -3.61. The van der Waals surface area contributed by atoms with Crippen LogP contribution < -0.4 is 21.5 Å². The lowest BCUT2D eigenvalue weighted by Gasteiger charge is -2.11. The molecule has 0 aromatic heterocycles. The zero-order valence-corrected chi connectivity index (χ0v) is 15.7. The molecule has 2 rings (SSSR count). The van der Waals surface area contributed by atoms with Crippen molar-refractivity contribution in [2.24, 2.45) is 0 Å². The topological polar surface area (TPSA) is 99.3 Å². The van der Waals surface area contributed by atoms with Crippen molar-refractivity contribution in [3.05, 3.63) is 78.0 Å². The Morgan fingerprint density at radius 1 is 0.929 bits per heavy atom. The number of hydrogen-bond donors (Lipinski definition) is 4. The highest BCUT2D eigenvalue weighted by molar-refractivity contribution is 6.39. The SMILES string of the molecule is C=C(CC(=O)NCCc1ccccc1)NNC(=O)C(=O)Nc1cccc(C)c1. The first-order chi connectivity index (χ1) is 13.4. The minimum atomic E-state index is -0.882. The molecule has 0 bridgehead atoms. The molecule has 0 saturated carbocycles. The number of anilines is 1. The van der Waals surface area contributed by atoms with Crippen LogP contribution in [-0.4, -0.2) is 24.3 Å². The highest BCUT2D eigenvalue weighted by Crippen LogP contribution is 2.09. The minimum Gasteiger partial charge on any atom is -0.355 e. The molecule has 2 aromatic carbocycles. The van der Waals surface area contributed by atoms with Gasteiger partial charge in [-0.3, -0.25) is 19.8 Å². The molecule has 0 aliphatic heterocycles. The molecule has 0 heterocycles. The molecule has 0 unspecified atom stereocenters. The summed E-state index contributed by atoms with van der Waals surface area (Å²) in [7, 11) is 0. The summed E-state index contributed by atoms with van der Waals surface area (Å²) in [6.07, 6.45) is 0.705. The molecule has 2 aromatic rings. The van der Waals surface area contributed by atoms with Gasteiger partial charge in [0.1, 0.15) is 0 Å². The average Bonchev–Trinajstić information content (AvgIpc) is 2.67. The van der Waals surface area contributed by atoms with E-state index in [1.165, 1.54) is 0 Å². The first kappa shape index (κ1) is 20.7. The lowest BCUT2D eigenvalue weighted by Crippen LogP contribution is -2.44. The number of carbonyl (C=O) groups excluding carboxylic acids is 3. The van der Waals surface area contributed by atoms with Gasteiger partial charge in [-0.15, -0.1) is 0 Å². The Labute approximate surface area is 164 Å². The van der Waals surface area contributed by atoms with Gasteiger partial charge in [-0.2, -0.15) is 0 Å². The Kier molecular flexibility index (Phi) is 7.77. The summed E-state index contributed by atoms with van der Waals surface area (Å²) in [5, 5.41) is 5.27. The van der Waals surface area contributed by atoms with Crippen LogP contribution in [0.15, 0.2) is 66.9 Å². The van der Waals surface area contributed by atoms with E-state index in [-0.39, 0.29) is 18.0 Å². The van der Waals surface area contributed by atoms with Crippen molar-refractivity contribution in [2.75, 3.05) is 11.9 Å². The molecular formula is C21H24N4O3. The van der Waals surface area contributed by atoms with Crippen molar-refractivity contribution >= 4 is 23.4 Å². The summed E-state index contributed by atoms with van der Waals surface area (Å²) in [4.78, 5) is 35.6. The smallest absolute Gasteiger partial charge is 0.327 e. The third-order valence-electron chi connectivity index (χ3n) is 3.79. The van der Waals surface area contributed by atoms with Gasteiger partial charge in [-0.25, -0.2) is 0 Å². The van der Waals surface area contributed by atoms with Crippen molar-refractivity contribution in [3.63, 3.8) is 0 Å². The van der Waals surface area contributed by atoms with Gasteiger partial charge in [-0.1, -0.05) is 49.0 Å². The highest BCUT2D eigenvalue weighted by atomic mass is 16.2. The summed E-state index contributed by atoms with van der Waals surface area (Å²) in [5.41, 5.74) is 7.60. The summed E-state index contributed by atoms with van der Waals surface area (Å²) in [6, 6.07) is 16.9. The van der Waals surface area contributed by atoms with E-state index >= 15 is 0 Å². The van der Waals surface area contributed by atoms with Crippen LogP contribution >= 0.6 is 0 Å². The zero-order chi connectivity index (χ0) is 20.4. The van der Waals surface area contributed by atoms with Gasteiger partial charge in [0.25, 0.3) is 0 Å². The lowest BCUT2D eigenvalue weighted by atomic mass is 10.1. The predicted molar refractivity (Wildman–Crippen MR) is 108 cm³/mol. The third kappa shape index (κ3) is 7.33. The summed E-state index contributed by atoms with van der Waals surface area (Å²) < 4.78 is 0. The summed E-state index contributed by atoms with van der Waals surface area (Å²) in [5.74, 6) is -1.93. The van der Waals surface area contributed by atoms with E-state index in [0.717, 1.165) is 17.5 Å².